The van der Waals surface area contributed by atoms with Gasteiger partial charge in [-0.05, 0) is 12.1 Å². The first-order valence-electron chi connectivity index (χ1n) is 5.62. The first-order chi connectivity index (χ1) is 8.93. The van der Waals surface area contributed by atoms with Gasteiger partial charge in [-0.2, -0.15) is 4.98 Å². The molecule has 0 aliphatic rings. The Morgan fingerprint density at radius 1 is 1.06 bits per heavy atom. The van der Waals surface area contributed by atoms with Crippen LogP contribution in [0.15, 0.2) is 41.4 Å². The average Bonchev–Trinajstić information content (AvgIpc) is 2.92. The lowest BCUT2D eigenvalue weighted by molar-refractivity contribution is 0.380. The highest BCUT2D eigenvalue weighted by Gasteiger charge is 2.03. The molecule has 6 heteroatoms. The summed E-state index contributed by atoms with van der Waals surface area (Å²) in [5.41, 5.74) is 0.924. The topological polar surface area (TPSA) is 76.7 Å². The number of rotatable bonds is 4. The first-order valence-corrected chi connectivity index (χ1v) is 5.62. The van der Waals surface area contributed by atoms with Crippen molar-refractivity contribution in [2.75, 3.05) is 11.9 Å². The number of nitrogens with one attached hydrogen (secondary N) is 1. The van der Waals surface area contributed by atoms with Crippen LogP contribution in [-0.2, 0) is 6.42 Å². The molecule has 90 valence electrons. The van der Waals surface area contributed by atoms with Gasteiger partial charge in [0.15, 0.2) is 6.33 Å². The van der Waals surface area contributed by atoms with E-state index in [1.54, 1.807) is 6.33 Å². The van der Waals surface area contributed by atoms with Crippen LogP contribution in [0.2, 0.25) is 0 Å². The van der Waals surface area contributed by atoms with E-state index in [4.69, 9.17) is 4.52 Å². The van der Waals surface area contributed by atoms with Gasteiger partial charge in [0.25, 0.3) is 0 Å². The Labute approximate surface area is 103 Å². The lowest BCUT2D eigenvalue weighted by Crippen LogP contribution is -2.07. The molecule has 6 nitrogen and oxygen atoms in total. The smallest absolute Gasteiger partial charge is 0.228 e. The quantitative estimate of drug-likeness (QED) is 0.748. The molecule has 2 aromatic heterocycles. The van der Waals surface area contributed by atoms with Crippen LogP contribution >= 0.6 is 0 Å². The third-order valence-corrected chi connectivity index (χ3v) is 2.58. The van der Waals surface area contributed by atoms with E-state index in [1.165, 1.54) is 6.33 Å². The van der Waals surface area contributed by atoms with E-state index in [-0.39, 0.29) is 0 Å². The third-order valence-electron chi connectivity index (χ3n) is 2.58. The second-order valence-corrected chi connectivity index (χ2v) is 3.75. The van der Waals surface area contributed by atoms with E-state index in [9.17, 15) is 0 Å². The van der Waals surface area contributed by atoms with Gasteiger partial charge in [-0.15, -0.1) is 0 Å². The molecule has 1 aromatic carbocycles. The van der Waals surface area contributed by atoms with E-state index < -0.39 is 0 Å². The van der Waals surface area contributed by atoms with E-state index >= 15 is 0 Å². The predicted molar refractivity (Wildman–Crippen MR) is 66.0 cm³/mol. The van der Waals surface area contributed by atoms with Crippen molar-refractivity contribution in [3.8, 4) is 0 Å². The highest BCUT2D eigenvalue weighted by atomic mass is 16.5. The number of aromatic nitrogens is 4. The maximum Gasteiger partial charge on any atom is 0.228 e. The number of fused-ring (bicyclic) bond motifs is 1. The zero-order chi connectivity index (χ0) is 12.2. The molecular formula is C12H11N5O. The Bertz CT molecular complexity index is 633. The van der Waals surface area contributed by atoms with Gasteiger partial charge >= 0.3 is 0 Å². The van der Waals surface area contributed by atoms with Gasteiger partial charge in [-0.1, -0.05) is 17.3 Å². The van der Waals surface area contributed by atoms with Crippen LogP contribution in [0.4, 0.5) is 5.82 Å². The second-order valence-electron chi connectivity index (χ2n) is 3.75. The summed E-state index contributed by atoms with van der Waals surface area (Å²) in [5.74, 6) is 1.43. The molecule has 0 spiro atoms. The number of benzene rings is 1. The molecular weight excluding hydrogens is 230 g/mol. The van der Waals surface area contributed by atoms with Gasteiger partial charge in [-0.3, -0.25) is 0 Å². The molecule has 1 N–H and O–H groups in total. The number of hydrogen-bond acceptors (Lipinski definition) is 6. The summed E-state index contributed by atoms with van der Waals surface area (Å²) in [6.07, 6.45) is 3.62. The molecule has 0 aliphatic heterocycles. The highest BCUT2D eigenvalue weighted by molar-refractivity contribution is 5.88. The largest absolute Gasteiger partial charge is 0.369 e. The Kier molecular flexibility index (Phi) is 2.83. The molecule has 0 atom stereocenters. The van der Waals surface area contributed by atoms with Crippen molar-refractivity contribution in [2.45, 2.75) is 6.42 Å². The fourth-order valence-corrected chi connectivity index (χ4v) is 1.74. The van der Waals surface area contributed by atoms with Gasteiger partial charge in [0.05, 0.1) is 5.52 Å². The molecule has 0 bridgehead atoms. The van der Waals surface area contributed by atoms with Crippen molar-refractivity contribution in [3.05, 3.63) is 42.8 Å². The maximum atomic E-state index is 4.93. The molecule has 2 heterocycles. The Hall–Kier alpha value is -2.50. The Morgan fingerprint density at radius 2 is 2.00 bits per heavy atom. The summed E-state index contributed by atoms with van der Waals surface area (Å²) < 4.78 is 4.93. The van der Waals surface area contributed by atoms with E-state index in [0.29, 0.717) is 18.9 Å². The van der Waals surface area contributed by atoms with Crippen LogP contribution in [0.3, 0.4) is 0 Å². The van der Waals surface area contributed by atoms with Crippen LogP contribution in [0.1, 0.15) is 5.89 Å². The zero-order valence-corrected chi connectivity index (χ0v) is 9.58. The fourth-order valence-electron chi connectivity index (χ4n) is 1.74. The average molecular weight is 241 g/mol. The Morgan fingerprint density at radius 3 is 2.89 bits per heavy atom. The highest BCUT2D eigenvalue weighted by Crippen LogP contribution is 2.17. The van der Waals surface area contributed by atoms with Gasteiger partial charge in [0, 0.05) is 18.4 Å². The maximum absolute atomic E-state index is 4.93. The van der Waals surface area contributed by atoms with E-state index in [0.717, 1.165) is 16.7 Å². The summed E-state index contributed by atoms with van der Waals surface area (Å²) in [6.45, 7) is 0.684. The fraction of sp³-hybridized carbons (Fsp3) is 0.167. The van der Waals surface area contributed by atoms with Crippen molar-refractivity contribution < 1.29 is 4.52 Å². The molecule has 18 heavy (non-hydrogen) atoms. The number of anilines is 1. The second kappa shape index (κ2) is 4.79. The van der Waals surface area contributed by atoms with Crippen molar-refractivity contribution in [3.63, 3.8) is 0 Å². The Balaban J connectivity index is 1.74. The minimum atomic E-state index is 0.612. The minimum Gasteiger partial charge on any atom is -0.369 e. The zero-order valence-electron chi connectivity index (χ0n) is 9.58. The van der Waals surface area contributed by atoms with Crippen molar-refractivity contribution in [1.82, 2.24) is 20.1 Å². The van der Waals surface area contributed by atoms with Crippen molar-refractivity contribution in [2.24, 2.45) is 0 Å². The summed E-state index contributed by atoms with van der Waals surface area (Å²) in [6, 6.07) is 7.87. The van der Waals surface area contributed by atoms with E-state index in [2.05, 4.69) is 25.4 Å². The molecule has 0 saturated heterocycles. The lowest BCUT2D eigenvalue weighted by Gasteiger charge is -2.06. The number of nitrogens with zero attached hydrogens (tertiary/aromatic N) is 4. The predicted octanol–water partition coefficient (Wildman–Crippen LogP) is 1.67. The van der Waals surface area contributed by atoms with Crippen LogP contribution < -0.4 is 5.32 Å². The van der Waals surface area contributed by atoms with Crippen molar-refractivity contribution in [1.29, 1.82) is 0 Å². The van der Waals surface area contributed by atoms with Crippen LogP contribution in [0.25, 0.3) is 10.9 Å². The van der Waals surface area contributed by atoms with Crippen LogP contribution in [0, 0.1) is 0 Å². The molecule has 3 rings (SSSR count). The number of hydrogen-bond donors (Lipinski definition) is 1. The summed E-state index contributed by atoms with van der Waals surface area (Å²) in [4.78, 5) is 12.4. The standard InChI is InChI=1S/C12H11N5O/c1-2-4-10-9(3-1)12(16-7-14-10)13-6-5-11-15-8-17-18-11/h1-4,7-8H,5-6H2,(H,13,14,16). The van der Waals surface area contributed by atoms with Crippen LogP contribution in [-0.4, -0.2) is 26.7 Å². The summed E-state index contributed by atoms with van der Waals surface area (Å²) in [7, 11) is 0. The molecule has 0 radical (unpaired) electrons. The molecule has 3 aromatic rings. The third kappa shape index (κ3) is 2.13. The molecule has 0 saturated carbocycles. The van der Waals surface area contributed by atoms with Crippen LogP contribution in [0.5, 0.6) is 0 Å². The van der Waals surface area contributed by atoms with Gasteiger partial charge in [-0.25, -0.2) is 9.97 Å². The normalized spacial score (nSPS) is 10.7. The molecule has 0 amide bonds. The molecule has 0 unspecified atom stereocenters. The van der Waals surface area contributed by atoms with Gasteiger partial charge in [0.2, 0.25) is 5.89 Å². The lowest BCUT2D eigenvalue weighted by atomic mass is 10.2. The molecule has 0 fully saturated rings. The SMILES string of the molecule is c1ccc2c(NCCc3ncno3)ncnc2c1. The number of para-hydroxylation sites is 1. The van der Waals surface area contributed by atoms with Gasteiger partial charge in [0.1, 0.15) is 12.1 Å². The van der Waals surface area contributed by atoms with Gasteiger partial charge < -0.3 is 9.84 Å². The summed E-state index contributed by atoms with van der Waals surface area (Å²) >= 11 is 0. The van der Waals surface area contributed by atoms with Crippen molar-refractivity contribution >= 4 is 16.7 Å². The minimum absolute atomic E-state index is 0.612. The summed E-state index contributed by atoms with van der Waals surface area (Å²) in [5, 5.41) is 7.81. The molecule has 0 aliphatic carbocycles. The first kappa shape index (κ1) is 10.6. The van der Waals surface area contributed by atoms with E-state index in [1.807, 2.05) is 24.3 Å². The monoisotopic (exact) mass is 241 g/mol.